The van der Waals surface area contributed by atoms with Crippen molar-refractivity contribution < 1.29 is 57.9 Å². The standard InChI is InChI=1S/C16H20N2O14/c19-11(29-7-3-25-15-9(31-17(21)22)5-27-13(7)15)1-2-12(20)30-8-4-26-16-10(32-18(23)24)6-28-14(8)16/h7-10,13-16H,1-6H2/t7-,8-,9-,10-,13-,14-,15-,16-/m1/s1. The number of carbonyl (C=O) groups is 2. The van der Waals surface area contributed by atoms with Gasteiger partial charge in [0.05, 0.1) is 39.3 Å². The number of ether oxygens (including phenoxy) is 6. The minimum atomic E-state index is -0.936. The van der Waals surface area contributed by atoms with Crippen molar-refractivity contribution in [2.75, 3.05) is 26.4 Å². The number of hydrogen-bond acceptors (Lipinski definition) is 14. The van der Waals surface area contributed by atoms with E-state index >= 15 is 0 Å². The molecular weight excluding hydrogens is 444 g/mol. The maximum Gasteiger partial charge on any atom is 0.306 e. The number of fused-ring (bicyclic) bond motifs is 2. The van der Waals surface area contributed by atoms with Gasteiger partial charge >= 0.3 is 11.9 Å². The summed E-state index contributed by atoms with van der Waals surface area (Å²) in [6, 6.07) is 0. The fraction of sp³-hybridized carbons (Fsp3) is 0.875. The van der Waals surface area contributed by atoms with Gasteiger partial charge in [0.2, 0.25) is 0 Å². The lowest BCUT2D eigenvalue weighted by Crippen LogP contribution is -2.36. The Hall–Kier alpha value is -2.82. The molecule has 0 aliphatic carbocycles. The third-order valence-electron chi connectivity index (χ3n) is 5.47. The van der Waals surface area contributed by atoms with Crippen molar-refractivity contribution in [2.45, 2.75) is 61.7 Å². The number of nitrogens with zero attached hydrogens (tertiary/aromatic N) is 2. The minimum Gasteiger partial charge on any atom is -0.457 e. The first-order chi connectivity index (χ1) is 15.3. The van der Waals surface area contributed by atoms with E-state index < -0.39 is 70.9 Å². The van der Waals surface area contributed by atoms with Crippen LogP contribution in [0.3, 0.4) is 0 Å². The van der Waals surface area contributed by atoms with Crippen molar-refractivity contribution in [3.8, 4) is 0 Å². The molecule has 0 amide bonds. The summed E-state index contributed by atoms with van der Waals surface area (Å²) in [5.74, 6) is -1.40. The van der Waals surface area contributed by atoms with E-state index in [1.54, 1.807) is 0 Å². The molecule has 8 atom stereocenters. The zero-order valence-electron chi connectivity index (χ0n) is 16.5. The molecule has 16 heteroatoms. The van der Waals surface area contributed by atoms with Gasteiger partial charge in [-0.1, -0.05) is 0 Å². The summed E-state index contributed by atoms with van der Waals surface area (Å²) in [7, 11) is 0. The van der Waals surface area contributed by atoms with Gasteiger partial charge in [-0.05, 0) is 0 Å². The van der Waals surface area contributed by atoms with E-state index in [-0.39, 0.29) is 39.3 Å². The van der Waals surface area contributed by atoms with E-state index in [2.05, 4.69) is 9.68 Å². The van der Waals surface area contributed by atoms with E-state index in [9.17, 15) is 29.8 Å². The zero-order chi connectivity index (χ0) is 22.8. The Morgan fingerprint density at radius 2 is 0.969 bits per heavy atom. The van der Waals surface area contributed by atoms with Crippen LogP contribution in [0.15, 0.2) is 0 Å². The molecule has 4 saturated heterocycles. The summed E-state index contributed by atoms with van der Waals surface area (Å²) in [6.45, 7) is -0.178. The lowest BCUT2D eigenvalue weighted by atomic mass is 10.1. The van der Waals surface area contributed by atoms with Crippen LogP contribution in [0.2, 0.25) is 0 Å². The predicted octanol–water partition coefficient (Wildman–Crippen LogP) is -1.66. The maximum absolute atomic E-state index is 12.1. The Balaban J connectivity index is 1.17. The number of rotatable bonds is 9. The van der Waals surface area contributed by atoms with Crippen LogP contribution < -0.4 is 0 Å². The van der Waals surface area contributed by atoms with Crippen LogP contribution in [-0.4, -0.2) is 97.4 Å². The Labute approximate surface area is 179 Å². The van der Waals surface area contributed by atoms with Crippen molar-refractivity contribution in [2.24, 2.45) is 0 Å². The number of esters is 2. The monoisotopic (exact) mass is 464 g/mol. The van der Waals surface area contributed by atoms with Crippen LogP contribution in [0.25, 0.3) is 0 Å². The van der Waals surface area contributed by atoms with Gasteiger partial charge < -0.3 is 38.1 Å². The molecule has 0 bridgehead atoms. The summed E-state index contributed by atoms with van der Waals surface area (Å²) >= 11 is 0. The molecule has 32 heavy (non-hydrogen) atoms. The third kappa shape index (κ3) is 4.82. The summed E-state index contributed by atoms with van der Waals surface area (Å²) in [6.07, 6.45) is -6.78. The van der Waals surface area contributed by atoms with Crippen molar-refractivity contribution in [3.63, 3.8) is 0 Å². The van der Waals surface area contributed by atoms with E-state index in [4.69, 9.17) is 28.4 Å². The highest BCUT2D eigenvalue weighted by molar-refractivity contribution is 5.77. The average Bonchev–Trinajstić information content (AvgIpc) is 3.47. The molecule has 0 N–H and O–H groups in total. The third-order valence-corrected chi connectivity index (χ3v) is 5.47. The number of hydrogen-bond donors (Lipinski definition) is 0. The van der Waals surface area contributed by atoms with E-state index in [1.807, 2.05) is 0 Å². The molecule has 0 aromatic carbocycles. The first-order valence-corrected chi connectivity index (χ1v) is 9.79. The second kappa shape index (κ2) is 9.35. The molecule has 4 fully saturated rings. The SMILES string of the molecule is O=C(CCC(=O)O[C@@H]1CO[C@H]2[C@@H]1OC[C@H]2O[N+](=O)[O-])O[C@@H]1CO[C@H]2[C@@H]1OC[C@H]2O[N+](=O)[O-]. The Morgan fingerprint density at radius 3 is 1.31 bits per heavy atom. The Bertz CT molecular complexity index is 701. The molecule has 0 radical (unpaired) electrons. The second-order valence-electron chi connectivity index (χ2n) is 7.48. The summed E-state index contributed by atoms with van der Waals surface area (Å²) in [5.41, 5.74) is 0. The molecule has 0 saturated carbocycles. The zero-order valence-corrected chi connectivity index (χ0v) is 16.5. The molecule has 0 aromatic rings. The Morgan fingerprint density at radius 1 is 0.656 bits per heavy atom. The van der Waals surface area contributed by atoms with Crippen LogP contribution >= 0.6 is 0 Å². The van der Waals surface area contributed by atoms with Gasteiger partial charge in [-0.15, -0.1) is 20.2 Å². The van der Waals surface area contributed by atoms with Crippen molar-refractivity contribution >= 4 is 11.9 Å². The van der Waals surface area contributed by atoms with Gasteiger partial charge in [0.1, 0.15) is 24.4 Å². The van der Waals surface area contributed by atoms with Crippen LogP contribution in [0.5, 0.6) is 0 Å². The fourth-order valence-electron chi connectivity index (χ4n) is 4.12. The first kappa shape index (κ1) is 22.4. The molecular formula is C16H20N2O14. The normalized spacial score (nSPS) is 37.4. The topological polar surface area (TPSA) is 194 Å². The largest absolute Gasteiger partial charge is 0.457 e. The van der Waals surface area contributed by atoms with Gasteiger partial charge in [0.25, 0.3) is 10.2 Å². The number of carbonyl (C=O) groups excluding carboxylic acids is 2. The quantitative estimate of drug-likeness (QED) is 0.214. The summed E-state index contributed by atoms with van der Waals surface area (Å²) in [4.78, 5) is 54.2. The maximum atomic E-state index is 12.1. The molecule has 16 nitrogen and oxygen atoms in total. The second-order valence-corrected chi connectivity index (χ2v) is 7.48. The van der Waals surface area contributed by atoms with Crippen LogP contribution in [0, 0.1) is 20.2 Å². The lowest BCUT2D eigenvalue weighted by Gasteiger charge is -2.18. The highest BCUT2D eigenvalue weighted by Crippen LogP contribution is 2.32. The van der Waals surface area contributed by atoms with Gasteiger partial charge in [-0.25, -0.2) is 0 Å². The van der Waals surface area contributed by atoms with Crippen molar-refractivity contribution in [1.82, 2.24) is 0 Å². The van der Waals surface area contributed by atoms with E-state index in [0.717, 1.165) is 0 Å². The fourth-order valence-corrected chi connectivity index (χ4v) is 4.12. The molecule has 178 valence electrons. The molecule has 4 aliphatic rings. The Kier molecular flexibility index (Phi) is 6.54. The minimum absolute atomic E-state index is 0.0176. The molecule has 0 unspecified atom stereocenters. The van der Waals surface area contributed by atoms with Gasteiger partial charge in [-0.3, -0.25) is 9.59 Å². The molecule has 4 heterocycles. The van der Waals surface area contributed by atoms with Crippen molar-refractivity contribution in [3.05, 3.63) is 20.2 Å². The van der Waals surface area contributed by atoms with Gasteiger partial charge in [0.15, 0.2) is 24.4 Å². The summed E-state index contributed by atoms with van der Waals surface area (Å²) in [5, 5.41) is 19.1. The smallest absolute Gasteiger partial charge is 0.306 e. The molecule has 4 rings (SSSR count). The van der Waals surface area contributed by atoms with Crippen LogP contribution in [0.1, 0.15) is 12.8 Å². The lowest BCUT2D eigenvalue weighted by molar-refractivity contribution is -0.769. The summed E-state index contributed by atoms with van der Waals surface area (Å²) < 4.78 is 32.1. The van der Waals surface area contributed by atoms with Crippen LogP contribution in [0.4, 0.5) is 0 Å². The molecule has 4 aliphatic heterocycles. The predicted molar refractivity (Wildman–Crippen MR) is 91.7 cm³/mol. The van der Waals surface area contributed by atoms with E-state index in [1.165, 1.54) is 0 Å². The average molecular weight is 464 g/mol. The van der Waals surface area contributed by atoms with E-state index in [0.29, 0.717) is 0 Å². The first-order valence-electron chi connectivity index (χ1n) is 9.79. The van der Waals surface area contributed by atoms with Gasteiger partial charge in [-0.2, -0.15) is 0 Å². The highest BCUT2D eigenvalue weighted by atomic mass is 17.0. The van der Waals surface area contributed by atoms with Gasteiger partial charge in [0, 0.05) is 0 Å². The molecule has 0 spiro atoms. The van der Waals surface area contributed by atoms with Crippen molar-refractivity contribution in [1.29, 1.82) is 0 Å². The molecule has 0 aromatic heterocycles. The highest BCUT2D eigenvalue weighted by Gasteiger charge is 2.52. The van der Waals surface area contributed by atoms with Crippen LogP contribution in [-0.2, 0) is 47.7 Å².